The molecule has 36 heavy (non-hydrogen) atoms. The zero-order valence-corrected chi connectivity index (χ0v) is 21.6. The predicted molar refractivity (Wildman–Crippen MR) is 136 cm³/mol. The fraction of sp³-hybridized carbons (Fsp3) is 0.480. The first kappa shape index (κ1) is 24.3. The number of carbonyl (C=O) groups excluding carboxylic acids is 1. The van der Waals surface area contributed by atoms with Crippen LogP contribution in [0.1, 0.15) is 55.6 Å². The lowest BCUT2D eigenvalue weighted by Gasteiger charge is -2.45. The lowest BCUT2D eigenvalue weighted by atomic mass is 9.97. The average molecular weight is 509 g/mol. The maximum Gasteiger partial charge on any atom is 0.222 e. The van der Waals surface area contributed by atoms with Gasteiger partial charge in [0.15, 0.2) is 5.65 Å². The summed E-state index contributed by atoms with van der Waals surface area (Å²) in [5.74, 6) is 1.20. The number of nitrogen functional groups attached to an aromatic ring is 1. The molecule has 1 saturated heterocycles. The molecule has 10 nitrogen and oxygen atoms in total. The largest absolute Gasteiger partial charge is 0.489 e. The van der Waals surface area contributed by atoms with Crippen LogP contribution in [0.4, 0.5) is 5.82 Å². The number of aryl methyl sites for hydroxylation is 1. The van der Waals surface area contributed by atoms with Crippen LogP contribution in [0.15, 0.2) is 12.4 Å². The molecule has 11 heteroatoms. The second-order valence-corrected chi connectivity index (χ2v) is 9.98. The van der Waals surface area contributed by atoms with E-state index in [0.29, 0.717) is 65.8 Å². The van der Waals surface area contributed by atoms with Gasteiger partial charge in [0.1, 0.15) is 30.1 Å². The number of amides is 1. The molecule has 0 saturated carbocycles. The minimum atomic E-state index is -0.297. The maximum atomic E-state index is 12.1. The molecule has 2 aliphatic heterocycles. The predicted octanol–water partition coefficient (Wildman–Crippen LogP) is 3.06. The van der Waals surface area contributed by atoms with Crippen molar-refractivity contribution in [3.63, 3.8) is 0 Å². The first-order chi connectivity index (χ1) is 17.2. The number of nitriles is 1. The van der Waals surface area contributed by atoms with Crippen LogP contribution in [0, 0.1) is 18.3 Å². The van der Waals surface area contributed by atoms with Crippen molar-refractivity contribution in [2.45, 2.75) is 58.8 Å². The second-order valence-electron chi connectivity index (χ2n) is 9.57. The van der Waals surface area contributed by atoms with E-state index < -0.39 is 0 Å². The van der Waals surface area contributed by atoms with Gasteiger partial charge in [0.2, 0.25) is 5.91 Å². The second kappa shape index (κ2) is 9.22. The molecule has 2 unspecified atom stereocenters. The van der Waals surface area contributed by atoms with Crippen LogP contribution in [-0.4, -0.2) is 67.2 Å². The Bertz CT molecular complexity index is 1390. The van der Waals surface area contributed by atoms with Crippen LogP contribution < -0.4 is 10.5 Å². The Labute approximate surface area is 214 Å². The molecular formula is C25H29ClN8O2. The number of nitrogens with two attached hydrogens (primary N) is 1. The number of hydrogen-bond acceptors (Lipinski definition) is 8. The summed E-state index contributed by atoms with van der Waals surface area (Å²) in [6, 6.07) is 3.99. The summed E-state index contributed by atoms with van der Waals surface area (Å²) in [5, 5.41) is 15.8. The lowest BCUT2D eigenvalue weighted by Crippen LogP contribution is -2.61. The van der Waals surface area contributed by atoms with Gasteiger partial charge in [0, 0.05) is 49.8 Å². The molecule has 0 radical (unpaired) electrons. The Kier molecular flexibility index (Phi) is 6.22. The molecule has 1 amide bonds. The van der Waals surface area contributed by atoms with E-state index in [9.17, 15) is 10.1 Å². The Morgan fingerprint density at radius 3 is 2.81 bits per heavy atom. The maximum absolute atomic E-state index is 12.1. The van der Waals surface area contributed by atoms with E-state index in [4.69, 9.17) is 27.2 Å². The Hall–Kier alpha value is -3.42. The summed E-state index contributed by atoms with van der Waals surface area (Å²) in [6.45, 7) is 10.3. The van der Waals surface area contributed by atoms with Crippen LogP contribution in [0.25, 0.3) is 11.0 Å². The van der Waals surface area contributed by atoms with E-state index >= 15 is 0 Å². The van der Waals surface area contributed by atoms with E-state index in [0.717, 1.165) is 16.8 Å². The fourth-order valence-corrected chi connectivity index (χ4v) is 5.50. The number of carbonyl (C=O) groups is 1. The van der Waals surface area contributed by atoms with Gasteiger partial charge >= 0.3 is 0 Å². The number of fused-ring (bicyclic) bond motifs is 2. The molecule has 2 aliphatic rings. The Morgan fingerprint density at radius 1 is 1.36 bits per heavy atom. The highest BCUT2D eigenvalue weighted by Gasteiger charge is 2.38. The van der Waals surface area contributed by atoms with Crippen molar-refractivity contribution >= 4 is 34.4 Å². The molecular weight excluding hydrogens is 480 g/mol. The van der Waals surface area contributed by atoms with E-state index in [1.54, 1.807) is 10.7 Å². The van der Waals surface area contributed by atoms with Crippen molar-refractivity contribution in [1.82, 2.24) is 29.5 Å². The molecule has 2 aromatic heterocycles. The number of hydrogen-bond donors (Lipinski definition) is 1. The van der Waals surface area contributed by atoms with Gasteiger partial charge in [0.25, 0.3) is 0 Å². The highest BCUT2D eigenvalue weighted by molar-refractivity contribution is 6.32. The highest BCUT2D eigenvalue weighted by Crippen LogP contribution is 2.41. The van der Waals surface area contributed by atoms with Crippen molar-refractivity contribution in [2.75, 3.05) is 25.4 Å². The monoisotopic (exact) mass is 508 g/mol. The van der Waals surface area contributed by atoms with Crippen LogP contribution in [0.2, 0.25) is 5.02 Å². The summed E-state index contributed by atoms with van der Waals surface area (Å²) in [6.07, 6.45) is 1.80. The summed E-state index contributed by atoms with van der Waals surface area (Å²) in [7, 11) is 0. The summed E-state index contributed by atoms with van der Waals surface area (Å²) in [4.78, 5) is 24.8. The quantitative estimate of drug-likeness (QED) is 0.569. The molecule has 0 spiro atoms. The fourth-order valence-electron chi connectivity index (χ4n) is 5.23. The number of anilines is 1. The van der Waals surface area contributed by atoms with Gasteiger partial charge < -0.3 is 15.4 Å². The lowest BCUT2D eigenvalue weighted by molar-refractivity contribution is -0.138. The SMILES string of the molecule is CCC(=O)N1CC(N2Cc3c(C#N)c(Cl)cc(C(C)n4nc(C)c5c(N)ncnc54)c3OC(C)C2)C1. The number of halogens is 1. The number of benzene rings is 1. The third-order valence-corrected chi connectivity index (χ3v) is 7.48. The van der Waals surface area contributed by atoms with Gasteiger partial charge in [-0.3, -0.25) is 9.69 Å². The number of rotatable bonds is 4. The smallest absolute Gasteiger partial charge is 0.222 e. The molecule has 0 bridgehead atoms. The van der Waals surface area contributed by atoms with Gasteiger partial charge in [-0.1, -0.05) is 18.5 Å². The molecule has 2 N–H and O–H groups in total. The first-order valence-corrected chi connectivity index (χ1v) is 12.5. The van der Waals surface area contributed by atoms with Crippen LogP contribution in [0.5, 0.6) is 5.75 Å². The normalized spacial score (nSPS) is 19.2. The summed E-state index contributed by atoms with van der Waals surface area (Å²) in [5.41, 5.74) is 9.46. The molecule has 5 rings (SSSR count). The molecule has 4 heterocycles. The topological polar surface area (TPSA) is 126 Å². The molecule has 1 aromatic carbocycles. The van der Waals surface area contributed by atoms with Gasteiger partial charge in [-0.25, -0.2) is 14.6 Å². The van der Waals surface area contributed by atoms with Crippen molar-refractivity contribution in [1.29, 1.82) is 5.26 Å². The Balaban J connectivity index is 1.57. The Morgan fingerprint density at radius 2 is 2.11 bits per heavy atom. The number of nitrogens with zero attached hydrogens (tertiary/aromatic N) is 7. The zero-order valence-electron chi connectivity index (χ0n) is 20.8. The van der Waals surface area contributed by atoms with Crippen molar-refractivity contribution < 1.29 is 9.53 Å². The van der Waals surface area contributed by atoms with Gasteiger partial charge in [-0.05, 0) is 26.8 Å². The summed E-state index contributed by atoms with van der Waals surface area (Å²) < 4.78 is 8.29. The first-order valence-electron chi connectivity index (χ1n) is 12.1. The molecule has 188 valence electrons. The highest BCUT2D eigenvalue weighted by atomic mass is 35.5. The van der Waals surface area contributed by atoms with E-state index in [1.807, 2.05) is 32.6 Å². The average Bonchev–Trinajstić information content (AvgIpc) is 3.06. The number of likely N-dealkylation sites (tertiary alicyclic amines) is 1. The van der Waals surface area contributed by atoms with Crippen molar-refractivity contribution in [2.24, 2.45) is 0 Å². The van der Waals surface area contributed by atoms with Gasteiger partial charge in [-0.15, -0.1) is 0 Å². The van der Waals surface area contributed by atoms with E-state index in [2.05, 4.69) is 20.9 Å². The van der Waals surface area contributed by atoms with Gasteiger partial charge in [-0.2, -0.15) is 10.4 Å². The van der Waals surface area contributed by atoms with Gasteiger partial charge in [0.05, 0.1) is 27.7 Å². The molecule has 1 fully saturated rings. The minimum absolute atomic E-state index is 0.130. The molecule has 2 atom stereocenters. The molecule has 0 aliphatic carbocycles. The van der Waals surface area contributed by atoms with Crippen molar-refractivity contribution in [3.8, 4) is 11.8 Å². The third-order valence-electron chi connectivity index (χ3n) is 7.19. The van der Waals surface area contributed by atoms with E-state index in [1.165, 1.54) is 6.33 Å². The van der Waals surface area contributed by atoms with Crippen molar-refractivity contribution in [3.05, 3.63) is 39.8 Å². The van der Waals surface area contributed by atoms with Crippen LogP contribution in [-0.2, 0) is 11.3 Å². The van der Waals surface area contributed by atoms with Crippen LogP contribution in [0.3, 0.4) is 0 Å². The number of aromatic nitrogens is 4. The zero-order chi connectivity index (χ0) is 25.7. The number of ether oxygens (including phenoxy) is 1. The molecule has 3 aromatic rings. The summed E-state index contributed by atoms with van der Waals surface area (Å²) >= 11 is 6.67. The third kappa shape index (κ3) is 3.92. The minimum Gasteiger partial charge on any atom is -0.489 e. The van der Waals surface area contributed by atoms with Crippen LogP contribution >= 0.6 is 11.6 Å². The van der Waals surface area contributed by atoms with E-state index in [-0.39, 0.29) is 24.1 Å². The standard InChI is InChI=1S/C25H29ClN8O2/c1-5-21(35)33-9-16(10-33)32-8-13(2)36-23-17(6-20(26)18(7-27)19(23)11-32)15(4)34-25-22(14(3)31-34)24(28)29-12-30-25/h6,12-13,15-16H,5,8-11H2,1-4H3,(H2,28,29,30).